The van der Waals surface area contributed by atoms with Crippen LogP contribution >= 0.6 is 11.3 Å². The molecule has 1 N–H and O–H groups in total. The molecule has 11 heteroatoms. The Kier molecular flexibility index (Phi) is 4.47. The van der Waals surface area contributed by atoms with Crippen LogP contribution in [-0.4, -0.2) is 23.0 Å². The quantitative estimate of drug-likeness (QED) is 0.718. The highest BCUT2D eigenvalue weighted by Gasteiger charge is 2.34. The Morgan fingerprint density at radius 2 is 1.96 bits per heavy atom. The summed E-state index contributed by atoms with van der Waals surface area (Å²) in [7, 11) is -4.18. The minimum absolute atomic E-state index is 0.139. The Balaban J connectivity index is 2.09. The summed E-state index contributed by atoms with van der Waals surface area (Å²) in [6, 6.07) is 3.35. The van der Waals surface area contributed by atoms with Crippen LogP contribution in [0, 0.1) is 13.8 Å². The van der Waals surface area contributed by atoms with Crippen molar-refractivity contribution in [3.63, 3.8) is 0 Å². The first-order valence-electron chi connectivity index (χ1n) is 7.59. The third-order valence-corrected chi connectivity index (χ3v) is 6.33. The molecule has 140 valence electrons. The molecule has 0 amide bonds. The number of fused-ring (bicyclic) bond motifs is 1. The molecule has 2 aromatic heterocycles. The van der Waals surface area contributed by atoms with Gasteiger partial charge in [-0.05, 0) is 38.0 Å². The van der Waals surface area contributed by atoms with Crippen LogP contribution in [0.5, 0.6) is 0 Å². The molecule has 0 aliphatic heterocycles. The molecule has 0 saturated heterocycles. The number of imidazole rings is 1. The van der Waals surface area contributed by atoms with Gasteiger partial charge in [0.2, 0.25) is 9.99 Å². The lowest BCUT2D eigenvalue weighted by Crippen LogP contribution is -2.18. The Morgan fingerprint density at radius 3 is 2.58 bits per heavy atom. The lowest BCUT2D eigenvalue weighted by Gasteiger charge is -2.15. The van der Waals surface area contributed by atoms with E-state index in [1.54, 1.807) is 0 Å². The average molecular weight is 404 g/mol. The average Bonchev–Trinajstić information content (AvgIpc) is 3.03. The third kappa shape index (κ3) is 3.16. The van der Waals surface area contributed by atoms with Crippen LogP contribution in [-0.2, 0) is 22.6 Å². The second kappa shape index (κ2) is 6.23. The normalized spacial score (nSPS) is 12.7. The Morgan fingerprint density at radius 1 is 1.27 bits per heavy atom. The van der Waals surface area contributed by atoms with E-state index in [2.05, 4.69) is 14.8 Å². The zero-order valence-electron chi connectivity index (χ0n) is 14.0. The summed E-state index contributed by atoms with van der Waals surface area (Å²) in [5, 5.41) is 4.74. The molecule has 3 aromatic rings. The Bertz CT molecular complexity index is 1080. The molecule has 6 nitrogen and oxygen atoms in total. The summed E-state index contributed by atoms with van der Waals surface area (Å²) in [6.45, 7) is 4.61. The van der Waals surface area contributed by atoms with Crippen LogP contribution in [0.1, 0.15) is 28.8 Å². The third-order valence-electron chi connectivity index (χ3n) is 3.81. The van der Waals surface area contributed by atoms with Gasteiger partial charge in [-0.1, -0.05) is 24.3 Å². The molecule has 1 aromatic carbocycles. The molecule has 3 rings (SSSR count). The Hall–Kier alpha value is -2.14. The van der Waals surface area contributed by atoms with Gasteiger partial charge in [0.25, 0.3) is 10.0 Å². The van der Waals surface area contributed by atoms with E-state index in [1.165, 1.54) is 35.8 Å². The molecule has 2 heterocycles. The van der Waals surface area contributed by atoms with Gasteiger partial charge in [0.15, 0.2) is 0 Å². The van der Waals surface area contributed by atoms with Gasteiger partial charge in [0, 0.05) is 0 Å². The molecular weight excluding hydrogens is 389 g/mol. The van der Waals surface area contributed by atoms with Crippen molar-refractivity contribution in [1.29, 1.82) is 0 Å². The summed E-state index contributed by atoms with van der Waals surface area (Å²) in [6.07, 6.45) is -3.96. The predicted octanol–water partition coefficient (Wildman–Crippen LogP) is 3.79. The van der Waals surface area contributed by atoms with Crippen molar-refractivity contribution in [1.82, 2.24) is 14.6 Å². The fraction of sp³-hybridized carbons (Fsp3) is 0.333. The number of anilines is 1. The highest BCUT2D eigenvalue weighted by Crippen LogP contribution is 2.35. The highest BCUT2D eigenvalue weighted by molar-refractivity contribution is 7.92. The first kappa shape index (κ1) is 18.6. The number of aryl methyl sites for hydroxylation is 2. The molecule has 26 heavy (non-hydrogen) atoms. The van der Waals surface area contributed by atoms with Gasteiger partial charge in [0.1, 0.15) is 5.01 Å². The molecule has 0 fully saturated rings. The summed E-state index contributed by atoms with van der Waals surface area (Å²) in [5.74, 6) is 0. The van der Waals surface area contributed by atoms with Gasteiger partial charge in [0.05, 0.1) is 16.9 Å². The first-order chi connectivity index (χ1) is 12.0. The fourth-order valence-corrected chi connectivity index (χ4v) is 4.90. The van der Waals surface area contributed by atoms with Gasteiger partial charge < -0.3 is 0 Å². The molecule has 0 atom stereocenters. The number of nitrogens with one attached hydrogen (secondary N) is 1. The maximum Gasteiger partial charge on any atom is 0.416 e. The van der Waals surface area contributed by atoms with Crippen molar-refractivity contribution in [2.75, 3.05) is 4.72 Å². The maximum atomic E-state index is 13.0. The predicted molar refractivity (Wildman–Crippen MR) is 92.0 cm³/mol. The smallest absolute Gasteiger partial charge is 0.278 e. The van der Waals surface area contributed by atoms with Gasteiger partial charge in [-0.25, -0.2) is 4.98 Å². The lowest BCUT2D eigenvalue weighted by molar-refractivity contribution is -0.138. The van der Waals surface area contributed by atoms with Gasteiger partial charge in [-0.15, -0.1) is 0 Å². The van der Waals surface area contributed by atoms with Crippen molar-refractivity contribution in [2.45, 2.75) is 38.4 Å². The lowest BCUT2D eigenvalue weighted by atomic mass is 10.1. The highest BCUT2D eigenvalue weighted by atomic mass is 32.2. The number of nitrogens with zero attached hydrogens (tertiary/aromatic N) is 3. The van der Waals surface area contributed by atoms with E-state index >= 15 is 0 Å². The van der Waals surface area contributed by atoms with E-state index in [4.69, 9.17) is 0 Å². The molecule has 0 spiro atoms. The number of rotatable bonds is 4. The van der Waals surface area contributed by atoms with E-state index in [1.807, 2.05) is 6.92 Å². The zero-order valence-corrected chi connectivity index (χ0v) is 15.7. The summed E-state index contributed by atoms with van der Waals surface area (Å²) in [4.78, 5) is 4.61. The summed E-state index contributed by atoms with van der Waals surface area (Å²) < 4.78 is 68.2. The SMILES string of the molecule is CCc1nn2c(S(=O)(=O)Nc3cccc(C(F)(F)F)c3C)c(C)nc2s1. The van der Waals surface area contributed by atoms with Crippen LogP contribution in [0.25, 0.3) is 4.96 Å². The van der Waals surface area contributed by atoms with Crippen molar-refractivity contribution >= 4 is 32.0 Å². The molecular formula is C15H15F3N4O2S2. The summed E-state index contributed by atoms with van der Waals surface area (Å²) in [5.41, 5.74) is -1.01. The van der Waals surface area contributed by atoms with Crippen LogP contribution in [0.3, 0.4) is 0 Å². The van der Waals surface area contributed by atoms with Gasteiger partial charge >= 0.3 is 6.18 Å². The van der Waals surface area contributed by atoms with Crippen molar-refractivity contribution in [3.8, 4) is 0 Å². The second-order valence-corrected chi connectivity index (χ2v) is 8.27. The number of aromatic nitrogens is 3. The minimum Gasteiger partial charge on any atom is -0.278 e. The minimum atomic E-state index is -4.57. The van der Waals surface area contributed by atoms with Crippen molar-refractivity contribution in [3.05, 3.63) is 40.0 Å². The first-order valence-corrected chi connectivity index (χ1v) is 9.89. The van der Waals surface area contributed by atoms with Crippen LogP contribution < -0.4 is 4.72 Å². The monoisotopic (exact) mass is 404 g/mol. The fourth-order valence-electron chi connectivity index (χ4n) is 2.57. The molecule has 0 unspecified atom stereocenters. The Labute approximate surface area is 151 Å². The molecule has 0 aliphatic rings. The number of hydrogen-bond acceptors (Lipinski definition) is 5. The number of sulfonamides is 1. The number of alkyl halides is 3. The number of hydrogen-bond donors (Lipinski definition) is 1. The van der Waals surface area contributed by atoms with Crippen LogP contribution in [0.2, 0.25) is 0 Å². The molecule has 0 radical (unpaired) electrons. The van der Waals surface area contributed by atoms with E-state index in [0.717, 1.165) is 12.1 Å². The zero-order chi connectivity index (χ0) is 19.3. The second-order valence-electron chi connectivity index (χ2n) is 5.63. The van der Waals surface area contributed by atoms with Crippen molar-refractivity contribution < 1.29 is 21.6 Å². The van der Waals surface area contributed by atoms with Gasteiger partial charge in [-0.3, -0.25) is 4.72 Å². The maximum absolute atomic E-state index is 13.0. The van der Waals surface area contributed by atoms with Crippen molar-refractivity contribution in [2.24, 2.45) is 0 Å². The summed E-state index contributed by atoms with van der Waals surface area (Å²) >= 11 is 1.26. The number of halogens is 3. The number of benzene rings is 1. The topological polar surface area (TPSA) is 76.4 Å². The molecule has 0 saturated carbocycles. The van der Waals surface area contributed by atoms with E-state index in [0.29, 0.717) is 16.4 Å². The van der Waals surface area contributed by atoms with E-state index < -0.39 is 21.8 Å². The standard InChI is InChI=1S/C15H15F3N4O2S2/c1-4-12-20-22-13(9(3)19-14(22)25-12)26(23,24)21-11-7-5-6-10(8(11)2)15(16,17)18/h5-7,21H,4H2,1-3H3. The molecule has 0 bridgehead atoms. The largest absolute Gasteiger partial charge is 0.416 e. The van der Waals surface area contributed by atoms with Crippen LogP contribution in [0.4, 0.5) is 18.9 Å². The van der Waals surface area contributed by atoms with E-state index in [9.17, 15) is 21.6 Å². The van der Waals surface area contributed by atoms with E-state index in [-0.39, 0.29) is 22.0 Å². The van der Waals surface area contributed by atoms with Gasteiger partial charge in [-0.2, -0.15) is 31.2 Å². The molecule has 0 aliphatic carbocycles. The van der Waals surface area contributed by atoms with Crippen LogP contribution in [0.15, 0.2) is 23.2 Å².